The molecule has 3 aromatic heterocycles. The van der Waals surface area contributed by atoms with Crippen LogP contribution in [0.5, 0.6) is 0 Å². The molecule has 0 atom stereocenters. The molecule has 0 spiro atoms. The van der Waals surface area contributed by atoms with Gasteiger partial charge in [-0.05, 0) is 24.3 Å². The zero-order valence-electron chi connectivity index (χ0n) is 7.07. The predicted octanol–water partition coefficient (Wildman–Crippen LogP) is 1.62. The van der Waals surface area contributed by atoms with E-state index in [1.54, 1.807) is 0 Å². The lowest BCUT2D eigenvalue weighted by Crippen LogP contribution is -2.03. The molecule has 3 aromatic rings. The van der Waals surface area contributed by atoms with Crippen molar-refractivity contribution in [1.82, 2.24) is 9.38 Å². The minimum absolute atomic E-state index is 1.01. The molecule has 0 aromatic carbocycles. The van der Waals surface area contributed by atoms with Crippen LogP contribution in [-0.2, 0) is 0 Å². The summed E-state index contributed by atoms with van der Waals surface area (Å²) in [5, 5.41) is 2.17. The van der Waals surface area contributed by atoms with E-state index in [2.05, 4.69) is 34.3 Å². The summed E-state index contributed by atoms with van der Waals surface area (Å²) < 4.78 is 2.07. The third-order valence-electron chi connectivity index (χ3n) is 2.35. The lowest BCUT2D eigenvalue weighted by Gasteiger charge is -1.94. The van der Waals surface area contributed by atoms with Crippen LogP contribution in [0, 0.1) is 0 Å². The van der Waals surface area contributed by atoms with Gasteiger partial charge in [-0.2, -0.15) is 0 Å². The Morgan fingerprint density at radius 3 is 3.08 bits per heavy atom. The van der Waals surface area contributed by atoms with Gasteiger partial charge in [-0.1, -0.05) is 6.58 Å². The van der Waals surface area contributed by atoms with Crippen LogP contribution in [0.4, 0.5) is 0 Å². The highest BCUT2D eigenvalue weighted by molar-refractivity contribution is 5.82. The molecule has 13 heavy (non-hydrogen) atoms. The van der Waals surface area contributed by atoms with Crippen molar-refractivity contribution >= 4 is 23.0 Å². The first-order valence-corrected chi connectivity index (χ1v) is 4.19. The zero-order valence-corrected chi connectivity index (χ0v) is 7.07. The van der Waals surface area contributed by atoms with E-state index in [1.807, 2.05) is 18.3 Å². The molecule has 0 fully saturated rings. The van der Waals surface area contributed by atoms with Crippen molar-refractivity contribution in [2.75, 3.05) is 0 Å². The molecular formula is C11H8N2. The third kappa shape index (κ3) is 0.798. The highest BCUT2D eigenvalue weighted by Crippen LogP contribution is 2.13. The Hall–Kier alpha value is -1.83. The molecule has 0 aliphatic carbocycles. The van der Waals surface area contributed by atoms with Gasteiger partial charge >= 0.3 is 0 Å². The van der Waals surface area contributed by atoms with Gasteiger partial charge in [0.1, 0.15) is 0 Å². The smallest absolute Gasteiger partial charge is 0.0738 e. The molecule has 0 radical (unpaired) electrons. The largest absolute Gasteiger partial charge is 0.317 e. The Morgan fingerprint density at radius 2 is 2.15 bits per heavy atom. The highest BCUT2D eigenvalue weighted by Gasteiger charge is 1.98. The van der Waals surface area contributed by atoms with E-state index in [1.165, 1.54) is 0 Å². The lowest BCUT2D eigenvalue weighted by molar-refractivity contribution is 1.17. The monoisotopic (exact) mass is 168 g/mol. The summed E-state index contributed by atoms with van der Waals surface area (Å²) in [5.74, 6) is 0. The fraction of sp³-hybridized carbons (Fsp3) is 0. The Kier molecular flexibility index (Phi) is 1.08. The standard InChI is InChI=1S/C11H8N2/c1-8-2-3-10-6-11-9(4-5-12-11)7-13(8)10/h2-7H,1H2. The van der Waals surface area contributed by atoms with Crippen LogP contribution in [-0.4, -0.2) is 9.38 Å². The molecule has 0 N–H and O–H groups in total. The average Bonchev–Trinajstić information content (AvgIpc) is 2.70. The van der Waals surface area contributed by atoms with Crippen LogP contribution in [0.15, 0.2) is 36.7 Å². The normalized spacial score (nSPS) is 11.4. The van der Waals surface area contributed by atoms with Gasteiger partial charge in [-0.25, -0.2) is 0 Å². The Morgan fingerprint density at radius 1 is 1.23 bits per heavy atom. The van der Waals surface area contributed by atoms with E-state index in [4.69, 9.17) is 0 Å². The molecule has 0 bridgehead atoms. The number of hydrogen-bond donors (Lipinski definition) is 0. The molecule has 0 saturated carbocycles. The number of fused-ring (bicyclic) bond motifs is 2. The lowest BCUT2D eigenvalue weighted by atomic mass is 10.3. The molecule has 0 aliphatic heterocycles. The average molecular weight is 168 g/mol. The fourth-order valence-corrected chi connectivity index (χ4v) is 1.65. The summed E-state index contributed by atoms with van der Waals surface area (Å²) in [6.07, 6.45) is 3.90. The van der Waals surface area contributed by atoms with Crippen LogP contribution in [0.2, 0.25) is 0 Å². The Balaban J connectivity index is 2.66. The summed E-state index contributed by atoms with van der Waals surface area (Å²) in [6, 6.07) is 8.14. The van der Waals surface area contributed by atoms with Gasteiger partial charge in [0.25, 0.3) is 0 Å². The van der Waals surface area contributed by atoms with Crippen LogP contribution >= 0.6 is 0 Å². The van der Waals surface area contributed by atoms with Crippen molar-refractivity contribution in [2.45, 2.75) is 0 Å². The van der Waals surface area contributed by atoms with Crippen molar-refractivity contribution in [1.29, 1.82) is 0 Å². The molecule has 0 unspecified atom stereocenters. The van der Waals surface area contributed by atoms with Crippen molar-refractivity contribution in [3.63, 3.8) is 0 Å². The number of aromatic nitrogens is 2. The molecule has 0 saturated heterocycles. The van der Waals surface area contributed by atoms with E-state index in [-0.39, 0.29) is 0 Å². The fourth-order valence-electron chi connectivity index (χ4n) is 1.65. The van der Waals surface area contributed by atoms with Gasteiger partial charge in [0.15, 0.2) is 0 Å². The van der Waals surface area contributed by atoms with Gasteiger partial charge in [0.05, 0.1) is 5.52 Å². The van der Waals surface area contributed by atoms with Crippen LogP contribution in [0.25, 0.3) is 23.0 Å². The van der Waals surface area contributed by atoms with E-state index in [0.29, 0.717) is 0 Å². The first-order valence-electron chi connectivity index (χ1n) is 4.19. The second kappa shape index (κ2) is 2.10. The Labute approximate surface area is 75.1 Å². The third-order valence-corrected chi connectivity index (χ3v) is 2.35. The van der Waals surface area contributed by atoms with Gasteiger partial charge in [0.2, 0.25) is 0 Å². The maximum atomic E-state index is 4.24. The zero-order chi connectivity index (χ0) is 8.84. The summed E-state index contributed by atoms with van der Waals surface area (Å²) >= 11 is 0. The minimum atomic E-state index is 1.01. The van der Waals surface area contributed by atoms with Crippen molar-refractivity contribution < 1.29 is 0 Å². The topological polar surface area (TPSA) is 17.3 Å². The molecule has 3 heterocycles. The molecule has 3 rings (SSSR count). The number of hydrogen-bond acceptors (Lipinski definition) is 1. The molecule has 2 nitrogen and oxygen atoms in total. The van der Waals surface area contributed by atoms with E-state index in [0.717, 1.165) is 21.8 Å². The molecular weight excluding hydrogens is 160 g/mol. The van der Waals surface area contributed by atoms with Crippen LogP contribution < -0.4 is 5.35 Å². The summed E-state index contributed by atoms with van der Waals surface area (Å²) in [5.41, 5.74) is 2.20. The van der Waals surface area contributed by atoms with Crippen LogP contribution in [0.1, 0.15) is 0 Å². The van der Waals surface area contributed by atoms with Crippen molar-refractivity contribution in [2.24, 2.45) is 0 Å². The molecule has 0 amide bonds. The van der Waals surface area contributed by atoms with Crippen molar-refractivity contribution in [3.8, 4) is 0 Å². The summed E-state index contributed by atoms with van der Waals surface area (Å²) in [6.45, 7) is 3.94. The first kappa shape index (κ1) is 6.66. The van der Waals surface area contributed by atoms with Crippen molar-refractivity contribution in [3.05, 3.63) is 42.0 Å². The summed E-state index contributed by atoms with van der Waals surface area (Å²) in [7, 11) is 0. The van der Waals surface area contributed by atoms with Gasteiger partial charge in [-0.3, -0.25) is 4.98 Å². The highest BCUT2D eigenvalue weighted by atomic mass is 14.9. The molecule has 62 valence electrons. The minimum Gasteiger partial charge on any atom is -0.317 e. The Bertz CT molecular complexity index is 622. The second-order valence-corrected chi connectivity index (χ2v) is 3.18. The first-order chi connectivity index (χ1) is 6.34. The summed E-state index contributed by atoms with van der Waals surface area (Å²) in [4.78, 5) is 4.24. The van der Waals surface area contributed by atoms with Crippen LogP contribution in [0.3, 0.4) is 0 Å². The van der Waals surface area contributed by atoms with E-state index >= 15 is 0 Å². The van der Waals surface area contributed by atoms with Gasteiger partial charge < -0.3 is 4.40 Å². The molecule has 0 aliphatic rings. The van der Waals surface area contributed by atoms with Gasteiger partial charge in [-0.15, -0.1) is 0 Å². The quantitative estimate of drug-likeness (QED) is 0.498. The number of rotatable bonds is 0. The molecule has 2 heteroatoms. The maximum Gasteiger partial charge on any atom is 0.0738 e. The SMILES string of the molecule is C=c1ccc2cc3nccc3cn12. The number of nitrogens with zero attached hydrogens (tertiary/aromatic N) is 2. The second-order valence-electron chi connectivity index (χ2n) is 3.18. The van der Waals surface area contributed by atoms with E-state index < -0.39 is 0 Å². The van der Waals surface area contributed by atoms with Gasteiger partial charge in [0, 0.05) is 28.6 Å². The van der Waals surface area contributed by atoms with E-state index in [9.17, 15) is 0 Å². The number of pyridine rings is 1. The predicted molar refractivity (Wildman–Crippen MR) is 53.4 cm³/mol. The maximum absolute atomic E-state index is 4.24.